The minimum atomic E-state index is -0.404. The summed E-state index contributed by atoms with van der Waals surface area (Å²) in [5.74, 6) is 0.760. The van der Waals surface area contributed by atoms with Crippen molar-refractivity contribution in [2.45, 2.75) is 6.92 Å². The van der Waals surface area contributed by atoms with Crippen LogP contribution in [0.4, 0.5) is 0 Å². The highest BCUT2D eigenvalue weighted by atomic mass is 32.1. The van der Waals surface area contributed by atoms with Crippen LogP contribution in [0.3, 0.4) is 0 Å². The Morgan fingerprint density at radius 3 is 2.86 bits per heavy atom. The fourth-order valence-electron chi connectivity index (χ4n) is 2.63. The van der Waals surface area contributed by atoms with Crippen LogP contribution in [0.1, 0.15) is 11.3 Å². The molecule has 1 N–H and O–H groups in total. The molecule has 1 aliphatic rings. The van der Waals surface area contributed by atoms with Gasteiger partial charge in [-0.2, -0.15) is 14.9 Å². The molecule has 0 atom stereocenters. The lowest BCUT2D eigenvalue weighted by molar-refractivity contribution is -0.137. The largest absolute Gasteiger partial charge is 0.493 e. The molecule has 1 amide bonds. The van der Waals surface area contributed by atoms with Gasteiger partial charge in [-0.25, -0.2) is 0 Å². The Kier molecular flexibility index (Phi) is 6.73. The van der Waals surface area contributed by atoms with Crippen molar-refractivity contribution in [3.05, 3.63) is 44.6 Å². The van der Waals surface area contributed by atoms with Crippen molar-refractivity contribution in [2.24, 2.45) is 5.10 Å². The molecule has 0 aliphatic carbocycles. The minimum Gasteiger partial charge on any atom is -0.493 e. The summed E-state index contributed by atoms with van der Waals surface area (Å²) >= 11 is 5.04. The maximum absolute atomic E-state index is 12.2. The Morgan fingerprint density at radius 2 is 2.14 bits per heavy atom. The summed E-state index contributed by atoms with van der Waals surface area (Å²) < 4.78 is 17.4. The van der Waals surface area contributed by atoms with Gasteiger partial charge in [0.1, 0.15) is 5.69 Å². The zero-order valence-corrected chi connectivity index (χ0v) is 16.9. The Morgan fingerprint density at radius 1 is 1.38 bits per heavy atom. The van der Waals surface area contributed by atoms with Crippen molar-refractivity contribution >= 4 is 24.3 Å². The lowest BCUT2D eigenvalue weighted by Gasteiger charge is -2.26. The van der Waals surface area contributed by atoms with E-state index in [1.54, 1.807) is 30.0 Å². The highest BCUT2D eigenvalue weighted by molar-refractivity contribution is 7.71. The van der Waals surface area contributed by atoms with Crippen molar-refractivity contribution in [1.82, 2.24) is 19.8 Å². The molecule has 3 rings (SSSR count). The molecule has 1 aromatic carbocycles. The number of benzene rings is 1. The van der Waals surface area contributed by atoms with Crippen molar-refractivity contribution in [3.63, 3.8) is 0 Å². The molecule has 11 heteroatoms. The fraction of sp³-hybridized carbons (Fsp3) is 0.389. The van der Waals surface area contributed by atoms with E-state index in [-0.39, 0.29) is 23.0 Å². The average molecular weight is 419 g/mol. The quantitative estimate of drug-likeness (QED) is 0.543. The maximum Gasteiger partial charge on any atom is 0.296 e. The number of methoxy groups -OCH3 is 1. The average Bonchev–Trinajstić information content (AvgIpc) is 2.75. The molecular weight excluding hydrogens is 398 g/mol. The monoisotopic (exact) mass is 419 g/mol. The number of nitrogens with zero attached hydrogens (tertiary/aromatic N) is 4. The second-order valence-electron chi connectivity index (χ2n) is 6.17. The number of ether oxygens (including phenoxy) is 3. The summed E-state index contributed by atoms with van der Waals surface area (Å²) in [6, 6.07) is 5.09. The van der Waals surface area contributed by atoms with E-state index in [9.17, 15) is 9.59 Å². The first-order valence-corrected chi connectivity index (χ1v) is 9.29. The van der Waals surface area contributed by atoms with E-state index in [0.717, 1.165) is 4.68 Å². The normalized spacial score (nSPS) is 14.2. The standard InChI is InChI=1S/C18H21N5O5S/c1-12-17(25)23(18(29)21-20-12)19-10-13-3-4-14(15(9-13)26-2)28-11-16(24)22-5-7-27-8-6-22/h3-4,9-10H,5-8,11H2,1-2H3,(H,21,29)/b19-10+. The third-order valence-corrected chi connectivity index (χ3v) is 4.50. The van der Waals surface area contributed by atoms with Crippen LogP contribution < -0.4 is 15.0 Å². The Balaban J connectivity index is 1.72. The van der Waals surface area contributed by atoms with Gasteiger partial charge in [0, 0.05) is 13.1 Å². The van der Waals surface area contributed by atoms with Crippen molar-refractivity contribution in [3.8, 4) is 11.5 Å². The van der Waals surface area contributed by atoms with E-state index in [1.807, 2.05) is 0 Å². The van der Waals surface area contributed by atoms with E-state index in [1.165, 1.54) is 13.3 Å². The summed E-state index contributed by atoms with van der Waals surface area (Å²) in [6.45, 7) is 3.66. The molecule has 29 heavy (non-hydrogen) atoms. The highest BCUT2D eigenvalue weighted by Gasteiger charge is 2.18. The van der Waals surface area contributed by atoms with Crippen LogP contribution in [0.5, 0.6) is 11.5 Å². The smallest absolute Gasteiger partial charge is 0.296 e. The van der Waals surface area contributed by atoms with Gasteiger partial charge in [0.25, 0.3) is 11.5 Å². The van der Waals surface area contributed by atoms with Gasteiger partial charge >= 0.3 is 0 Å². The molecule has 1 saturated heterocycles. The number of hydrogen-bond donors (Lipinski definition) is 1. The van der Waals surface area contributed by atoms with Gasteiger partial charge in [-0.05, 0) is 42.9 Å². The summed E-state index contributed by atoms with van der Waals surface area (Å²) in [6.07, 6.45) is 1.47. The number of carbonyl (C=O) groups is 1. The van der Waals surface area contributed by atoms with Gasteiger partial charge in [-0.1, -0.05) is 0 Å². The number of rotatable bonds is 6. The van der Waals surface area contributed by atoms with Gasteiger partial charge in [0.05, 0.1) is 26.5 Å². The molecule has 0 bridgehead atoms. The number of morpholine rings is 1. The van der Waals surface area contributed by atoms with E-state index < -0.39 is 5.56 Å². The molecule has 1 aliphatic heterocycles. The number of H-pyrrole nitrogens is 1. The van der Waals surface area contributed by atoms with Gasteiger partial charge < -0.3 is 19.1 Å². The van der Waals surface area contributed by atoms with E-state index >= 15 is 0 Å². The number of aromatic amines is 1. The van der Waals surface area contributed by atoms with E-state index in [0.29, 0.717) is 43.4 Å². The topological polar surface area (TPSA) is 111 Å². The van der Waals surface area contributed by atoms with Crippen molar-refractivity contribution in [1.29, 1.82) is 0 Å². The number of amides is 1. The number of carbonyl (C=O) groups excluding carboxylic acids is 1. The van der Waals surface area contributed by atoms with E-state index in [4.69, 9.17) is 26.4 Å². The summed E-state index contributed by atoms with van der Waals surface area (Å²) in [5, 5.41) is 10.5. The maximum atomic E-state index is 12.2. The SMILES string of the molecule is COc1cc(/C=N/n2c(=S)[nH]nc(C)c2=O)ccc1OCC(=O)N1CCOCC1. The minimum absolute atomic E-state index is 0.0883. The van der Waals surface area contributed by atoms with E-state index in [2.05, 4.69) is 15.3 Å². The van der Waals surface area contributed by atoms with Crippen molar-refractivity contribution < 1.29 is 19.0 Å². The summed E-state index contributed by atoms with van der Waals surface area (Å²) in [4.78, 5) is 26.0. The fourth-order valence-corrected chi connectivity index (χ4v) is 2.80. The lowest BCUT2D eigenvalue weighted by Crippen LogP contribution is -2.43. The molecule has 0 saturated carbocycles. The Labute approximate surface area is 171 Å². The summed E-state index contributed by atoms with van der Waals surface area (Å²) in [7, 11) is 1.50. The highest BCUT2D eigenvalue weighted by Crippen LogP contribution is 2.27. The second kappa shape index (κ2) is 9.43. The predicted molar refractivity (Wildman–Crippen MR) is 107 cm³/mol. The van der Waals surface area contributed by atoms with Crippen LogP contribution in [-0.4, -0.2) is 71.9 Å². The molecule has 2 aromatic rings. The second-order valence-corrected chi connectivity index (χ2v) is 6.55. The third-order valence-electron chi connectivity index (χ3n) is 4.24. The van der Waals surface area contributed by atoms with Crippen LogP contribution in [0.2, 0.25) is 0 Å². The first kappa shape index (κ1) is 20.7. The predicted octanol–water partition coefficient (Wildman–Crippen LogP) is 0.738. The molecular formula is C18H21N5O5S. The molecule has 1 aromatic heterocycles. The van der Waals surface area contributed by atoms with Crippen LogP contribution in [0, 0.1) is 11.7 Å². The zero-order chi connectivity index (χ0) is 20.8. The molecule has 154 valence electrons. The van der Waals surface area contributed by atoms with Gasteiger partial charge in [-0.3, -0.25) is 14.7 Å². The lowest BCUT2D eigenvalue weighted by atomic mass is 10.2. The Bertz CT molecular complexity index is 1030. The van der Waals surface area contributed by atoms with Crippen LogP contribution in [-0.2, 0) is 9.53 Å². The molecule has 0 radical (unpaired) electrons. The molecule has 1 fully saturated rings. The number of nitrogens with one attached hydrogen (secondary N) is 1. The number of aryl methyl sites for hydroxylation is 1. The van der Waals surface area contributed by atoms with Crippen molar-refractivity contribution in [2.75, 3.05) is 40.0 Å². The molecule has 0 unspecified atom stereocenters. The first-order chi connectivity index (χ1) is 14.0. The van der Waals surface area contributed by atoms with Crippen LogP contribution >= 0.6 is 12.2 Å². The molecule has 10 nitrogen and oxygen atoms in total. The van der Waals surface area contributed by atoms with Gasteiger partial charge in [0.15, 0.2) is 18.1 Å². The number of aromatic nitrogens is 3. The summed E-state index contributed by atoms with van der Waals surface area (Å²) in [5.41, 5.74) is 0.505. The third kappa shape index (κ3) is 5.06. The molecule has 0 spiro atoms. The van der Waals surface area contributed by atoms with Gasteiger partial charge in [-0.15, -0.1) is 0 Å². The van der Waals surface area contributed by atoms with Gasteiger partial charge in [0.2, 0.25) is 4.77 Å². The van der Waals surface area contributed by atoms with Crippen LogP contribution in [0.25, 0.3) is 0 Å². The zero-order valence-electron chi connectivity index (χ0n) is 16.1. The molecule has 2 heterocycles. The number of hydrogen-bond acceptors (Lipinski definition) is 8. The Hall–Kier alpha value is -3.05. The van der Waals surface area contributed by atoms with Crippen LogP contribution in [0.15, 0.2) is 28.1 Å². The first-order valence-electron chi connectivity index (χ1n) is 8.88.